The molecule has 38 heavy (non-hydrogen) atoms. The number of ether oxygens (including phenoxy) is 1. The molecule has 2 saturated heterocycles. The summed E-state index contributed by atoms with van der Waals surface area (Å²) in [7, 11) is 1.64. The van der Waals surface area contributed by atoms with Crippen LogP contribution in [0.2, 0.25) is 0 Å². The Morgan fingerprint density at radius 2 is 1.61 bits per heavy atom. The molecule has 0 spiro atoms. The number of hydrogen-bond donors (Lipinski definition) is 2. The third-order valence-electron chi connectivity index (χ3n) is 7.49. The van der Waals surface area contributed by atoms with Crippen molar-refractivity contribution in [3.05, 3.63) is 95.3 Å². The number of rotatable bonds is 4. The molecule has 6 nitrogen and oxygen atoms in total. The van der Waals surface area contributed by atoms with E-state index in [2.05, 4.69) is 34.2 Å². The molecule has 3 aromatic carbocycles. The fourth-order valence-corrected chi connectivity index (χ4v) is 5.47. The summed E-state index contributed by atoms with van der Waals surface area (Å²) in [5, 5.41) is 13.1. The van der Waals surface area contributed by atoms with Crippen LogP contribution in [-0.4, -0.2) is 66.4 Å². The summed E-state index contributed by atoms with van der Waals surface area (Å²) in [6.45, 7) is 2.20. The molecule has 0 aliphatic carbocycles. The minimum absolute atomic E-state index is 0.0244. The number of urea groups is 1. The molecule has 0 unspecified atom stereocenters. The van der Waals surface area contributed by atoms with Gasteiger partial charge in [0.25, 0.3) is 0 Å². The first-order chi connectivity index (χ1) is 18.6. The lowest BCUT2D eigenvalue weighted by molar-refractivity contribution is -0.0585. The van der Waals surface area contributed by atoms with E-state index >= 15 is 0 Å². The van der Waals surface area contributed by atoms with Crippen molar-refractivity contribution in [2.45, 2.75) is 30.8 Å². The largest absolute Gasteiger partial charge is 0.497 e. The van der Waals surface area contributed by atoms with Crippen LogP contribution < -0.4 is 10.1 Å². The number of aliphatic hydroxyl groups is 1. The van der Waals surface area contributed by atoms with Crippen molar-refractivity contribution in [2.75, 3.05) is 38.7 Å². The van der Waals surface area contributed by atoms with Crippen molar-refractivity contribution in [3.63, 3.8) is 0 Å². The number of nitrogens with one attached hydrogen (secondary N) is 1. The van der Waals surface area contributed by atoms with Gasteiger partial charge in [0.2, 0.25) is 0 Å². The van der Waals surface area contributed by atoms with Crippen LogP contribution in [0.1, 0.15) is 35.4 Å². The Morgan fingerprint density at radius 1 is 0.974 bits per heavy atom. The predicted octanol–water partition coefficient (Wildman–Crippen LogP) is 4.69. The smallest absolute Gasteiger partial charge is 0.321 e. The van der Waals surface area contributed by atoms with Crippen LogP contribution in [0, 0.1) is 17.7 Å². The second-order valence-electron chi connectivity index (χ2n) is 9.77. The number of carbonyl (C=O) groups excluding carboxylic acids is 1. The van der Waals surface area contributed by atoms with Gasteiger partial charge in [-0.25, -0.2) is 9.18 Å². The van der Waals surface area contributed by atoms with Crippen LogP contribution in [0.4, 0.5) is 14.9 Å². The number of methoxy groups -OCH3 is 1. The van der Waals surface area contributed by atoms with Gasteiger partial charge in [-0.05, 0) is 85.6 Å². The topological polar surface area (TPSA) is 65.0 Å². The monoisotopic (exact) mass is 513 g/mol. The average Bonchev–Trinajstić information content (AvgIpc) is 2.93. The fraction of sp³-hybridized carbons (Fsp3) is 0.323. The average molecular weight is 514 g/mol. The Labute approximate surface area is 223 Å². The summed E-state index contributed by atoms with van der Waals surface area (Å²) in [6.07, 6.45) is 1.85. The third kappa shape index (κ3) is 5.67. The van der Waals surface area contributed by atoms with Gasteiger partial charge in [0.1, 0.15) is 11.6 Å². The van der Waals surface area contributed by atoms with Gasteiger partial charge in [-0.3, -0.25) is 4.90 Å². The molecule has 196 valence electrons. The van der Waals surface area contributed by atoms with Gasteiger partial charge in [-0.1, -0.05) is 24.0 Å². The molecule has 2 aliphatic rings. The molecule has 5 rings (SSSR count). The van der Waals surface area contributed by atoms with E-state index in [1.807, 2.05) is 41.3 Å². The second kappa shape index (κ2) is 11.7. The fourth-order valence-electron chi connectivity index (χ4n) is 5.47. The lowest BCUT2D eigenvalue weighted by Crippen LogP contribution is -2.68. The van der Waals surface area contributed by atoms with E-state index in [4.69, 9.17) is 4.74 Å². The maximum atomic E-state index is 13.3. The van der Waals surface area contributed by atoms with E-state index in [0.29, 0.717) is 18.8 Å². The molecule has 0 bridgehead atoms. The molecule has 0 aromatic heterocycles. The molecule has 2 fully saturated rings. The number of halogens is 1. The van der Waals surface area contributed by atoms with Crippen molar-refractivity contribution < 1.29 is 19.0 Å². The number of anilines is 1. The number of nitrogens with zero attached hydrogens (tertiary/aromatic N) is 2. The number of fused-ring (bicyclic) bond motifs is 1. The predicted molar refractivity (Wildman–Crippen MR) is 146 cm³/mol. The molecule has 3 atom stereocenters. The molecule has 0 saturated carbocycles. The molecule has 2 amide bonds. The maximum absolute atomic E-state index is 13.3. The molecule has 3 aromatic rings. The summed E-state index contributed by atoms with van der Waals surface area (Å²) in [6, 6.07) is 21.6. The van der Waals surface area contributed by atoms with Gasteiger partial charge >= 0.3 is 6.03 Å². The minimum Gasteiger partial charge on any atom is -0.497 e. The zero-order valence-electron chi connectivity index (χ0n) is 21.4. The Balaban J connectivity index is 1.30. The van der Waals surface area contributed by atoms with Crippen molar-refractivity contribution in [2.24, 2.45) is 0 Å². The van der Waals surface area contributed by atoms with Gasteiger partial charge in [0.15, 0.2) is 0 Å². The van der Waals surface area contributed by atoms with Crippen LogP contribution in [-0.2, 0) is 0 Å². The zero-order chi connectivity index (χ0) is 26.5. The molecular formula is C31H32FN3O3. The zero-order valence-corrected chi connectivity index (χ0v) is 21.4. The number of carbonyl (C=O) groups is 1. The van der Waals surface area contributed by atoms with Gasteiger partial charge in [0, 0.05) is 47.9 Å². The number of hydrogen-bond acceptors (Lipinski definition) is 4. The molecule has 2 N–H and O–H groups in total. The van der Waals surface area contributed by atoms with Crippen LogP contribution >= 0.6 is 0 Å². The molecular weight excluding hydrogens is 481 g/mol. The number of amides is 2. The van der Waals surface area contributed by atoms with E-state index in [0.717, 1.165) is 41.8 Å². The molecule has 2 aliphatic heterocycles. The third-order valence-corrected chi connectivity index (χ3v) is 7.49. The highest BCUT2D eigenvalue weighted by atomic mass is 19.1. The SMILES string of the molecule is COc1ccc(C#Cc2ccc([C@H]3[C@@H](CO)N4CCCCN(C(=O)Nc5ccc(F)cc5)C[C@@H]34)cc2)cc1. The first-order valence-electron chi connectivity index (χ1n) is 13.0. The lowest BCUT2D eigenvalue weighted by Gasteiger charge is -2.57. The van der Waals surface area contributed by atoms with Gasteiger partial charge in [-0.15, -0.1) is 0 Å². The Hall–Kier alpha value is -3.86. The Kier molecular flexibility index (Phi) is 7.92. The highest BCUT2D eigenvalue weighted by Gasteiger charge is 2.49. The Bertz CT molecular complexity index is 1300. The highest BCUT2D eigenvalue weighted by molar-refractivity contribution is 5.89. The van der Waals surface area contributed by atoms with Gasteiger partial charge < -0.3 is 20.1 Å². The van der Waals surface area contributed by atoms with Crippen molar-refractivity contribution in [1.82, 2.24) is 9.80 Å². The Morgan fingerprint density at radius 3 is 2.24 bits per heavy atom. The normalized spacial score (nSPS) is 21.1. The molecule has 7 heteroatoms. The first kappa shape index (κ1) is 25.8. The van der Waals surface area contributed by atoms with Crippen molar-refractivity contribution >= 4 is 11.7 Å². The highest BCUT2D eigenvalue weighted by Crippen LogP contribution is 2.42. The van der Waals surface area contributed by atoms with Crippen LogP contribution in [0.15, 0.2) is 72.8 Å². The van der Waals surface area contributed by atoms with E-state index in [1.165, 1.54) is 12.1 Å². The van der Waals surface area contributed by atoms with Crippen molar-refractivity contribution in [1.29, 1.82) is 0 Å². The maximum Gasteiger partial charge on any atom is 0.321 e. The van der Waals surface area contributed by atoms with Gasteiger partial charge in [-0.2, -0.15) is 0 Å². The number of aliphatic hydroxyl groups excluding tert-OH is 1. The standard InChI is InChI=1S/C31H32FN3O3/c1-38-27-16-8-23(9-17-27)5-4-22-6-10-24(11-7-22)30-28-20-34(18-2-3-19-35(28)29(30)21-36)31(37)33-26-14-12-25(32)13-15-26/h6-17,28-30,36H,2-3,18-21H2,1H3,(H,33,37)/t28-,29+,30+/m0/s1. The lowest BCUT2D eigenvalue weighted by atomic mass is 9.74. The van der Waals surface area contributed by atoms with Crippen LogP contribution in [0.3, 0.4) is 0 Å². The van der Waals surface area contributed by atoms with Gasteiger partial charge in [0.05, 0.1) is 13.7 Å². The van der Waals surface area contributed by atoms with Crippen LogP contribution in [0.5, 0.6) is 5.75 Å². The van der Waals surface area contributed by atoms with E-state index in [1.54, 1.807) is 19.2 Å². The van der Waals surface area contributed by atoms with E-state index in [-0.39, 0.29) is 36.5 Å². The summed E-state index contributed by atoms with van der Waals surface area (Å²) in [5.74, 6) is 6.97. The van der Waals surface area contributed by atoms with Crippen molar-refractivity contribution in [3.8, 4) is 17.6 Å². The van der Waals surface area contributed by atoms with E-state index < -0.39 is 0 Å². The summed E-state index contributed by atoms with van der Waals surface area (Å²) < 4.78 is 18.5. The first-order valence-corrected chi connectivity index (χ1v) is 13.0. The quantitative estimate of drug-likeness (QED) is 0.497. The molecule has 2 heterocycles. The molecule has 0 radical (unpaired) electrons. The summed E-state index contributed by atoms with van der Waals surface area (Å²) in [5.41, 5.74) is 3.54. The number of benzene rings is 3. The summed E-state index contributed by atoms with van der Waals surface area (Å²) >= 11 is 0. The minimum atomic E-state index is -0.338. The summed E-state index contributed by atoms with van der Waals surface area (Å²) in [4.78, 5) is 17.3. The van der Waals surface area contributed by atoms with Crippen LogP contribution in [0.25, 0.3) is 0 Å². The second-order valence-corrected chi connectivity index (χ2v) is 9.77. The van der Waals surface area contributed by atoms with E-state index in [9.17, 15) is 14.3 Å².